The smallest absolute Gasteiger partial charge is 0.333 e. The Morgan fingerprint density at radius 3 is 3.15 bits per heavy atom. The Balaban J connectivity index is 2.25. The molecule has 1 N–H and O–H groups in total. The minimum atomic E-state index is -0.130. The molecule has 0 aromatic heterocycles. The van der Waals surface area contributed by atoms with Gasteiger partial charge in [-0.15, -0.1) is 0 Å². The molecule has 0 spiro atoms. The molecule has 0 radical (unpaired) electrons. The molecule has 1 rings (SSSR count). The first-order valence-electron chi connectivity index (χ1n) is 4.91. The fourth-order valence-corrected chi connectivity index (χ4v) is 1.21. The molecule has 74 valence electrons. The molecule has 0 saturated heterocycles. The van der Waals surface area contributed by atoms with Crippen LogP contribution in [0.3, 0.4) is 0 Å². The Kier molecular flexibility index (Phi) is 4.54. The normalized spacial score (nSPS) is 16.5. The molecule has 0 unspecified atom stereocenters. The molecule has 3 nitrogen and oxygen atoms in total. The van der Waals surface area contributed by atoms with E-state index in [1.165, 1.54) is 0 Å². The van der Waals surface area contributed by atoms with Crippen LogP contribution < -0.4 is 5.32 Å². The topological polar surface area (TPSA) is 38.3 Å². The number of carbonyl (C=O) groups excluding carboxylic acids is 1. The van der Waals surface area contributed by atoms with Crippen LogP contribution in [0.25, 0.3) is 0 Å². The maximum atomic E-state index is 11.4. The predicted molar refractivity (Wildman–Crippen MR) is 51.4 cm³/mol. The summed E-state index contributed by atoms with van der Waals surface area (Å²) in [6.07, 6.45) is 4.73. The molecule has 0 fully saturated rings. The van der Waals surface area contributed by atoms with Crippen LogP contribution in [0.4, 0.5) is 0 Å². The van der Waals surface area contributed by atoms with E-state index in [0.29, 0.717) is 6.61 Å². The second-order valence-corrected chi connectivity index (χ2v) is 3.17. The van der Waals surface area contributed by atoms with Gasteiger partial charge in [-0.2, -0.15) is 0 Å². The van der Waals surface area contributed by atoms with Gasteiger partial charge < -0.3 is 10.1 Å². The molecule has 0 aromatic carbocycles. The quantitative estimate of drug-likeness (QED) is 0.526. The van der Waals surface area contributed by atoms with E-state index >= 15 is 0 Å². The highest BCUT2D eigenvalue weighted by Gasteiger charge is 2.12. The third-order valence-electron chi connectivity index (χ3n) is 2.06. The van der Waals surface area contributed by atoms with Crippen molar-refractivity contribution in [2.75, 3.05) is 19.7 Å². The Bertz CT molecular complexity index is 199. The lowest BCUT2D eigenvalue weighted by Crippen LogP contribution is -2.24. The Labute approximate surface area is 79.2 Å². The van der Waals surface area contributed by atoms with Crippen LogP contribution in [0.2, 0.25) is 0 Å². The number of unbranched alkanes of at least 4 members (excludes halogenated alkanes) is 1. The summed E-state index contributed by atoms with van der Waals surface area (Å²) in [6, 6.07) is 0. The van der Waals surface area contributed by atoms with Crippen LogP contribution in [0, 0.1) is 0 Å². The van der Waals surface area contributed by atoms with E-state index in [-0.39, 0.29) is 5.97 Å². The van der Waals surface area contributed by atoms with Crippen LogP contribution in [0.15, 0.2) is 11.6 Å². The lowest BCUT2D eigenvalue weighted by molar-refractivity contribution is -0.139. The summed E-state index contributed by atoms with van der Waals surface area (Å²) in [5.74, 6) is -0.130. The summed E-state index contributed by atoms with van der Waals surface area (Å²) in [4.78, 5) is 11.4. The van der Waals surface area contributed by atoms with Gasteiger partial charge in [0, 0.05) is 12.1 Å². The maximum absolute atomic E-state index is 11.4. The minimum Gasteiger partial charge on any atom is -0.462 e. The Morgan fingerprint density at radius 2 is 2.54 bits per heavy atom. The molecular weight excluding hydrogens is 166 g/mol. The van der Waals surface area contributed by atoms with E-state index in [0.717, 1.165) is 37.9 Å². The highest BCUT2D eigenvalue weighted by molar-refractivity contribution is 5.88. The standard InChI is InChI=1S/C10H17NO2/c1-2-3-8-13-10(12)9-4-6-11-7-5-9/h4,11H,2-3,5-8H2,1H3. The van der Waals surface area contributed by atoms with Gasteiger partial charge in [0.1, 0.15) is 0 Å². The monoisotopic (exact) mass is 183 g/mol. The first-order chi connectivity index (χ1) is 6.34. The van der Waals surface area contributed by atoms with Crippen LogP contribution in [0.5, 0.6) is 0 Å². The van der Waals surface area contributed by atoms with E-state index < -0.39 is 0 Å². The molecule has 1 aliphatic rings. The molecule has 3 heteroatoms. The summed E-state index contributed by atoms with van der Waals surface area (Å²) in [7, 11) is 0. The number of carbonyl (C=O) groups is 1. The molecule has 13 heavy (non-hydrogen) atoms. The molecule has 1 aliphatic heterocycles. The number of nitrogens with one attached hydrogen (secondary N) is 1. The van der Waals surface area contributed by atoms with E-state index in [9.17, 15) is 4.79 Å². The fourth-order valence-electron chi connectivity index (χ4n) is 1.21. The average Bonchev–Trinajstić information content (AvgIpc) is 2.19. The number of ether oxygens (including phenoxy) is 1. The minimum absolute atomic E-state index is 0.130. The third kappa shape index (κ3) is 3.59. The van der Waals surface area contributed by atoms with Crippen molar-refractivity contribution in [3.8, 4) is 0 Å². The molecule has 1 heterocycles. The predicted octanol–water partition coefficient (Wildman–Crippen LogP) is 1.25. The van der Waals surface area contributed by atoms with Gasteiger partial charge >= 0.3 is 5.97 Å². The van der Waals surface area contributed by atoms with Crippen LogP contribution in [-0.2, 0) is 9.53 Å². The number of hydrogen-bond donors (Lipinski definition) is 1. The number of rotatable bonds is 4. The van der Waals surface area contributed by atoms with E-state index in [1.807, 2.05) is 6.08 Å². The van der Waals surface area contributed by atoms with Crippen molar-refractivity contribution in [1.29, 1.82) is 0 Å². The summed E-state index contributed by atoms with van der Waals surface area (Å²) in [5, 5.41) is 3.15. The molecule has 0 amide bonds. The lowest BCUT2D eigenvalue weighted by atomic mass is 10.1. The highest BCUT2D eigenvalue weighted by atomic mass is 16.5. The lowest BCUT2D eigenvalue weighted by Gasteiger charge is -2.12. The maximum Gasteiger partial charge on any atom is 0.333 e. The highest BCUT2D eigenvalue weighted by Crippen LogP contribution is 2.06. The first-order valence-corrected chi connectivity index (χ1v) is 4.91. The molecule has 0 bridgehead atoms. The van der Waals surface area contributed by atoms with Crippen molar-refractivity contribution in [1.82, 2.24) is 5.32 Å². The largest absolute Gasteiger partial charge is 0.462 e. The van der Waals surface area contributed by atoms with Gasteiger partial charge in [-0.05, 0) is 19.4 Å². The summed E-state index contributed by atoms with van der Waals surface area (Å²) < 4.78 is 5.09. The summed E-state index contributed by atoms with van der Waals surface area (Å²) in [5.41, 5.74) is 0.829. The van der Waals surface area contributed by atoms with E-state index in [1.54, 1.807) is 0 Å². The second kappa shape index (κ2) is 5.75. The van der Waals surface area contributed by atoms with Gasteiger partial charge in [-0.1, -0.05) is 19.4 Å². The third-order valence-corrected chi connectivity index (χ3v) is 2.06. The van der Waals surface area contributed by atoms with Crippen molar-refractivity contribution in [2.24, 2.45) is 0 Å². The summed E-state index contributed by atoms with van der Waals surface area (Å²) >= 11 is 0. The van der Waals surface area contributed by atoms with Crippen molar-refractivity contribution in [3.63, 3.8) is 0 Å². The van der Waals surface area contributed by atoms with Crippen LogP contribution >= 0.6 is 0 Å². The van der Waals surface area contributed by atoms with Crippen molar-refractivity contribution in [2.45, 2.75) is 26.2 Å². The van der Waals surface area contributed by atoms with Gasteiger partial charge in [0.2, 0.25) is 0 Å². The molecule has 0 saturated carbocycles. The Morgan fingerprint density at radius 1 is 1.69 bits per heavy atom. The van der Waals surface area contributed by atoms with E-state index in [4.69, 9.17) is 4.74 Å². The van der Waals surface area contributed by atoms with Gasteiger partial charge in [-0.25, -0.2) is 4.79 Å². The average molecular weight is 183 g/mol. The van der Waals surface area contributed by atoms with Crippen molar-refractivity contribution < 1.29 is 9.53 Å². The fraction of sp³-hybridized carbons (Fsp3) is 0.700. The molecule has 0 atom stereocenters. The van der Waals surface area contributed by atoms with Crippen LogP contribution in [0.1, 0.15) is 26.2 Å². The van der Waals surface area contributed by atoms with Gasteiger partial charge in [-0.3, -0.25) is 0 Å². The Hall–Kier alpha value is -0.830. The van der Waals surface area contributed by atoms with Crippen molar-refractivity contribution >= 4 is 5.97 Å². The summed E-state index contributed by atoms with van der Waals surface area (Å²) in [6.45, 7) is 4.31. The molecular formula is C10H17NO2. The van der Waals surface area contributed by atoms with Crippen molar-refractivity contribution in [3.05, 3.63) is 11.6 Å². The SMILES string of the molecule is CCCCOC(=O)C1=CCNCC1. The number of hydrogen-bond acceptors (Lipinski definition) is 3. The molecule has 0 aliphatic carbocycles. The van der Waals surface area contributed by atoms with E-state index in [2.05, 4.69) is 12.2 Å². The first kappa shape index (κ1) is 10.3. The van der Waals surface area contributed by atoms with Gasteiger partial charge in [0.15, 0.2) is 0 Å². The number of esters is 1. The second-order valence-electron chi connectivity index (χ2n) is 3.17. The zero-order valence-corrected chi connectivity index (χ0v) is 8.14. The van der Waals surface area contributed by atoms with Gasteiger partial charge in [0.05, 0.1) is 6.61 Å². The zero-order valence-electron chi connectivity index (χ0n) is 8.14. The van der Waals surface area contributed by atoms with Crippen LogP contribution in [-0.4, -0.2) is 25.7 Å². The molecule has 0 aromatic rings. The zero-order chi connectivity index (χ0) is 9.52. The van der Waals surface area contributed by atoms with Gasteiger partial charge in [0.25, 0.3) is 0 Å².